The molecule has 2 rings (SSSR count). The lowest BCUT2D eigenvalue weighted by Crippen LogP contribution is -2.31. The third-order valence-corrected chi connectivity index (χ3v) is 5.55. The molecule has 1 saturated heterocycles. The molecule has 1 atom stereocenters. The maximum absolute atomic E-state index is 12.6. The van der Waals surface area contributed by atoms with Crippen LogP contribution in [0.4, 0.5) is 0 Å². The first kappa shape index (κ1) is 14.8. The molecule has 0 spiro atoms. The van der Waals surface area contributed by atoms with E-state index in [-0.39, 0.29) is 11.3 Å². The molecule has 1 aliphatic rings. The number of hydrogen-bond donors (Lipinski definition) is 0. The van der Waals surface area contributed by atoms with Crippen molar-refractivity contribution in [1.82, 2.24) is 4.90 Å². The van der Waals surface area contributed by atoms with Crippen molar-refractivity contribution < 1.29 is 4.79 Å². The van der Waals surface area contributed by atoms with Crippen LogP contribution in [0.3, 0.4) is 0 Å². The molecule has 1 aliphatic heterocycles. The van der Waals surface area contributed by atoms with E-state index in [0.29, 0.717) is 5.92 Å². The van der Waals surface area contributed by atoms with Crippen LogP contribution in [0.25, 0.3) is 0 Å². The van der Waals surface area contributed by atoms with Crippen LogP contribution in [0, 0.1) is 21.8 Å². The monoisotopic (exact) mass is 371 g/mol. The number of aryl methyl sites for hydroxylation is 1. The average molecular weight is 371 g/mol. The predicted molar refractivity (Wildman–Crippen MR) is 87.4 cm³/mol. The highest BCUT2D eigenvalue weighted by molar-refractivity contribution is 14.1. The van der Waals surface area contributed by atoms with E-state index in [1.54, 1.807) is 0 Å². The Balaban J connectivity index is 2.16. The Hall–Kier alpha value is -0.580. The number of rotatable bonds is 1. The zero-order chi connectivity index (χ0) is 14.2. The van der Waals surface area contributed by atoms with E-state index in [9.17, 15) is 4.79 Å². The lowest BCUT2D eigenvalue weighted by Gasteiger charge is -2.27. The minimum atomic E-state index is 0.194. The quantitative estimate of drug-likeness (QED) is 0.681. The van der Waals surface area contributed by atoms with E-state index < -0.39 is 0 Å². The van der Waals surface area contributed by atoms with Crippen molar-refractivity contribution in [3.05, 3.63) is 32.9 Å². The minimum absolute atomic E-state index is 0.194. The topological polar surface area (TPSA) is 20.3 Å². The summed E-state index contributed by atoms with van der Waals surface area (Å²) in [4.78, 5) is 14.6. The molecule has 0 aromatic heterocycles. The van der Waals surface area contributed by atoms with Gasteiger partial charge in [0.15, 0.2) is 0 Å². The van der Waals surface area contributed by atoms with Crippen molar-refractivity contribution in [1.29, 1.82) is 0 Å². The van der Waals surface area contributed by atoms with Crippen LogP contribution in [0.2, 0.25) is 0 Å². The van der Waals surface area contributed by atoms with Gasteiger partial charge in [-0.15, -0.1) is 0 Å². The Kier molecular flexibility index (Phi) is 4.23. The normalized spacial score (nSPS) is 19.8. The molecule has 3 heteroatoms. The molecule has 19 heavy (non-hydrogen) atoms. The zero-order valence-electron chi connectivity index (χ0n) is 12.2. The van der Waals surface area contributed by atoms with Gasteiger partial charge >= 0.3 is 0 Å². The summed E-state index contributed by atoms with van der Waals surface area (Å²) in [6.07, 6.45) is 1.12. The number of nitrogens with zero attached hydrogens (tertiary/aromatic N) is 1. The van der Waals surface area contributed by atoms with Crippen LogP contribution in [-0.2, 0) is 0 Å². The standard InChI is InChI=1S/C16H22INO/c1-11-6-5-7-13(14(11)17)15(19)18-9-8-12(10-18)16(2,3)4/h5-7,12H,8-10H2,1-4H3. The first-order valence-electron chi connectivity index (χ1n) is 6.85. The molecule has 1 amide bonds. The molecule has 0 N–H and O–H groups in total. The van der Waals surface area contributed by atoms with Gasteiger partial charge in [0, 0.05) is 16.7 Å². The van der Waals surface area contributed by atoms with E-state index in [1.165, 1.54) is 5.56 Å². The molecular weight excluding hydrogens is 349 g/mol. The highest BCUT2D eigenvalue weighted by Crippen LogP contribution is 2.34. The summed E-state index contributed by atoms with van der Waals surface area (Å²) in [7, 11) is 0. The molecule has 1 fully saturated rings. The average Bonchev–Trinajstić information content (AvgIpc) is 2.81. The largest absolute Gasteiger partial charge is 0.338 e. The molecule has 2 nitrogen and oxygen atoms in total. The van der Waals surface area contributed by atoms with Crippen molar-refractivity contribution in [3.63, 3.8) is 0 Å². The van der Waals surface area contributed by atoms with Gasteiger partial charge in [0.1, 0.15) is 0 Å². The third-order valence-electron chi connectivity index (χ3n) is 4.12. The number of benzene rings is 1. The molecule has 1 aromatic carbocycles. The fourth-order valence-electron chi connectivity index (χ4n) is 2.63. The first-order chi connectivity index (χ1) is 8.80. The SMILES string of the molecule is Cc1cccc(C(=O)N2CCC(C(C)(C)C)C2)c1I. The van der Waals surface area contributed by atoms with Crippen LogP contribution in [0.1, 0.15) is 43.1 Å². The number of halogens is 1. The molecule has 0 radical (unpaired) electrons. The van der Waals surface area contributed by atoms with Gasteiger partial charge in [-0.2, -0.15) is 0 Å². The van der Waals surface area contributed by atoms with Crippen LogP contribution >= 0.6 is 22.6 Å². The second-order valence-electron chi connectivity index (χ2n) is 6.54. The van der Waals surface area contributed by atoms with E-state index in [0.717, 1.165) is 28.6 Å². The van der Waals surface area contributed by atoms with Gasteiger partial charge in [0.25, 0.3) is 5.91 Å². The van der Waals surface area contributed by atoms with Gasteiger partial charge < -0.3 is 4.90 Å². The van der Waals surface area contributed by atoms with Crippen molar-refractivity contribution in [3.8, 4) is 0 Å². The molecule has 1 heterocycles. The summed E-state index contributed by atoms with van der Waals surface area (Å²) in [5.41, 5.74) is 2.32. The maximum atomic E-state index is 12.6. The zero-order valence-corrected chi connectivity index (χ0v) is 14.3. The number of amides is 1. The Morgan fingerprint density at radius 1 is 1.37 bits per heavy atom. The van der Waals surface area contributed by atoms with Gasteiger partial charge in [-0.3, -0.25) is 4.79 Å². The van der Waals surface area contributed by atoms with Gasteiger partial charge in [0.05, 0.1) is 5.56 Å². The molecule has 0 saturated carbocycles. The van der Waals surface area contributed by atoms with Gasteiger partial charge in [-0.1, -0.05) is 32.9 Å². The van der Waals surface area contributed by atoms with E-state index in [4.69, 9.17) is 0 Å². The van der Waals surface area contributed by atoms with Crippen LogP contribution in [0.5, 0.6) is 0 Å². The summed E-state index contributed by atoms with van der Waals surface area (Å²) in [5.74, 6) is 0.804. The summed E-state index contributed by atoms with van der Waals surface area (Å²) in [6, 6.07) is 5.98. The van der Waals surface area contributed by atoms with Crippen molar-refractivity contribution >= 4 is 28.5 Å². The fourth-order valence-corrected chi connectivity index (χ4v) is 3.22. The van der Waals surface area contributed by atoms with Crippen molar-refractivity contribution in [2.24, 2.45) is 11.3 Å². The van der Waals surface area contributed by atoms with E-state index in [2.05, 4.69) is 56.4 Å². The molecule has 0 bridgehead atoms. The number of carbonyl (C=O) groups excluding carboxylic acids is 1. The predicted octanol–water partition coefficient (Wildman–Crippen LogP) is 4.11. The second-order valence-corrected chi connectivity index (χ2v) is 7.62. The Morgan fingerprint density at radius 2 is 2.05 bits per heavy atom. The molecule has 104 valence electrons. The molecule has 1 aromatic rings. The third kappa shape index (κ3) is 3.12. The highest BCUT2D eigenvalue weighted by Gasteiger charge is 2.34. The van der Waals surface area contributed by atoms with Gasteiger partial charge in [-0.25, -0.2) is 0 Å². The smallest absolute Gasteiger partial charge is 0.254 e. The fraction of sp³-hybridized carbons (Fsp3) is 0.562. The lowest BCUT2D eigenvalue weighted by atomic mass is 9.80. The highest BCUT2D eigenvalue weighted by atomic mass is 127. The van der Waals surface area contributed by atoms with Crippen LogP contribution in [-0.4, -0.2) is 23.9 Å². The Morgan fingerprint density at radius 3 is 2.63 bits per heavy atom. The van der Waals surface area contributed by atoms with Crippen LogP contribution < -0.4 is 0 Å². The van der Waals surface area contributed by atoms with Gasteiger partial charge in [0.2, 0.25) is 0 Å². The minimum Gasteiger partial charge on any atom is -0.338 e. The van der Waals surface area contributed by atoms with Crippen molar-refractivity contribution in [2.75, 3.05) is 13.1 Å². The number of carbonyl (C=O) groups is 1. The second kappa shape index (κ2) is 5.43. The van der Waals surface area contributed by atoms with Gasteiger partial charge in [-0.05, 0) is 58.9 Å². The maximum Gasteiger partial charge on any atom is 0.254 e. The number of hydrogen-bond acceptors (Lipinski definition) is 1. The van der Waals surface area contributed by atoms with E-state index >= 15 is 0 Å². The van der Waals surface area contributed by atoms with Crippen LogP contribution in [0.15, 0.2) is 18.2 Å². The van der Waals surface area contributed by atoms with E-state index in [1.807, 2.05) is 17.0 Å². The Labute approximate surface area is 129 Å². The summed E-state index contributed by atoms with van der Waals surface area (Å²) < 4.78 is 1.09. The molecular formula is C16H22INO. The summed E-state index contributed by atoms with van der Waals surface area (Å²) in [6.45, 7) is 10.6. The number of likely N-dealkylation sites (tertiary alicyclic amines) is 1. The lowest BCUT2D eigenvalue weighted by molar-refractivity contribution is 0.0775. The molecule has 0 aliphatic carbocycles. The summed E-state index contributed by atoms with van der Waals surface area (Å²) >= 11 is 2.28. The summed E-state index contributed by atoms with van der Waals surface area (Å²) in [5, 5.41) is 0. The van der Waals surface area contributed by atoms with Crippen molar-refractivity contribution in [2.45, 2.75) is 34.1 Å². The Bertz CT molecular complexity index is 490. The molecule has 1 unspecified atom stereocenters. The first-order valence-corrected chi connectivity index (χ1v) is 7.93.